The lowest BCUT2D eigenvalue weighted by molar-refractivity contribution is -0.136. The summed E-state index contributed by atoms with van der Waals surface area (Å²) < 4.78 is 20.1. The standard InChI is InChI=1S/C24H19BrClFN4O4/c1-14-10-16(25)6-8-19(14)29-22(32)13-35-21-9-7-17(26)11-15(21)12-28-31-24(34)23(33)30-20-5-3-2-4-18(20)27/h2-12H,13H2,1H3,(H,29,32)(H,30,33)(H,31,34)/b28-12-. The van der Waals surface area contributed by atoms with Crippen LogP contribution in [0.5, 0.6) is 5.75 Å². The van der Waals surface area contributed by atoms with Crippen molar-refractivity contribution in [2.45, 2.75) is 6.92 Å². The van der Waals surface area contributed by atoms with E-state index in [-0.39, 0.29) is 24.0 Å². The Hall–Kier alpha value is -3.76. The van der Waals surface area contributed by atoms with Gasteiger partial charge in [-0.25, -0.2) is 9.82 Å². The van der Waals surface area contributed by atoms with Gasteiger partial charge < -0.3 is 15.4 Å². The first kappa shape index (κ1) is 25.9. The van der Waals surface area contributed by atoms with Crippen molar-refractivity contribution < 1.29 is 23.5 Å². The van der Waals surface area contributed by atoms with Crippen molar-refractivity contribution in [3.8, 4) is 5.75 Å². The molecule has 8 nitrogen and oxygen atoms in total. The zero-order valence-electron chi connectivity index (χ0n) is 18.3. The number of para-hydroxylation sites is 1. The minimum atomic E-state index is -1.11. The lowest BCUT2D eigenvalue weighted by Gasteiger charge is -2.11. The van der Waals surface area contributed by atoms with E-state index in [2.05, 4.69) is 31.7 Å². The molecule has 0 aliphatic carbocycles. The van der Waals surface area contributed by atoms with Crippen LogP contribution in [0, 0.1) is 12.7 Å². The number of hydrogen-bond donors (Lipinski definition) is 3. The van der Waals surface area contributed by atoms with Crippen LogP contribution in [0.3, 0.4) is 0 Å². The Morgan fingerprint density at radius 2 is 1.80 bits per heavy atom. The van der Waals surface area contributed by atoms with Crippen LogP contribution in [0.1, 0.15) is 11.1 Å². The Balaban J connectivity index is 1.59. The van der Waals surface area contributed by atoms with Crippen molar-refractivity contribution >= 4 is 62.8 Å². The zero-order valence-corrected chi connectivity index (χ0v) is 20.6. The average molecular weight is 562 g/mol. The smallest absolute Gasteiger partial charge is 0.329 e. The Bertz CT molecular complexity index is 1300. The van der Waals surface area contributed by atoms with Gasteiger partial charge in [0.1, 0.15) is 11.6 Å². The number of hydrazone groups is 1. The molecule has 3 N–H and O–H groups in total. The van der Waals surface area contributed by atoms with E-state index in [4.69, 9.17) is 16.3 Å². The largest absolute Gasteiger partial charge is 0.483 e. The monoisotopic (exact) mass is 560 g/mol. The first-order valence-electron chi connectivity index (χ1n) is 10.1. The topological polar surface area (TPSA) is 109 Å². The van der Waals surface area contributed by atoms with Crippen LogP contribution >= 0.6 is 27.5 Å². The number of aryl methyl sites for hydroxylation is 1. The fourth-order valence-electron chi connectivity index (χ4n) is 2.80. The van der Waals surface area contributed by atoms with Crippen LogP contribution in [0.25, 0.3) is 0 Å². The molecule has 0 heterocycles. The molecule has 3 aromatic rings. The Labute approximate surface area is 213 Å². The molecule has 3 rings (SSSR count). The maximum Gasteiger partial charge on any atom is 0.329 e. The number of hydrogen-bond acceptors (Lipinski definition) is 5. The van der Waals surface area contributed by atoms with Crippen molar-refractivity contribution in [2.75, 3.05) is 17.2 Å². The highest BCUT2D eigenvalue weighted by Crippen LogP contribution is 2.22. The maximum atomic E-state index is 13.6. The van der Waals surface area contributed by atoms with Crippen LogP contribution in [-0.4, -0.2) is 30.5 Å². The molecule has 35 heavy (non-hydrogen) atoms. The third-order valence-corrected chi connectivity index (χ3v) is 5.22. The van der Waals surface area contributed by atoms with Gasteiger partial charge in [0.2, 0.25) is 0 Å². The van der Waals surface area contributed by atoms with E-state index in [1.807, 2.05) is 24.5 Å². The Morgan fingerprint density at radius 1 is 1.03 bits per heavy atom. The van der Waals surface area contributed by atoms with E-state index in [1.54, 1.807) is 12.1 Å². The number of rotatable bonds is 7. The molecule has 180 valence electrons. The van der Waals surface area contributed by atoms with E-state index >= 15 is 0 Å². The fraction of sp³-hybridized carbons (Fsp3) is 0.0833. The summed E-state index contributed by atoms with van der Waals surface area (Å²) in [5, 5.41) is 8.99. The summed E-state index contributed by atoms with van der Waals surface area (Å²) in [6.45, 7) is 1.56. The molecule has 0 aromatic heterocycles. The van der Waals surface area contributed by atoms with E-state index in [0.717, 1.165) is 16.1 Å². The second-order valence-electron chi connectivity index (χ2n) is 7.11. The van der Waals surface area contributed by atoms with Crippen LogP contribution in [0.15, 0.2) is 70.2 Å². The second-order valence-corrected chi connectivity index (χ2v) is 8.46. The maximum absolute atomic E-state index is 13.6. The number of amides is 3. The second kappa shape index (κ2) is 12.1. The lowest BCUT2D eigenvalue weighted by atomic mass is 10.2. The van der Waals surface area contributed by atoms with Gasteiger partial charge in [0.05, 0.1) is 11.9 Å². The molecule has 0 unspecified atom stereocenters. The van der Waals surface area contributed by atoms with Crippen molar-refractivity contribution in [1.82, 2.24) is 5.43 Å². The highest BCUT2D eigenvalue weighted by Gasteiger charge is 2.15. The average Bonchev–Trinajstić information content (AvgIpc) is 2.81. The molecule has 0 atom stereocenters. The molecule has 0 spiro atoms. The molecule has 3 aromatic carbocycles. The van der Waals surface area contributed by atoms with Crippen LogP contribution in [-0.2, 0) is 14.4 Å². The normalized spacial score (nSPS) is 10.6. The summed E-state index contributed by atoms with van der Waals surface area (Å²) in [5.74, 6) is -3.01. The number of nitrogens with one attached hydrogen (secondary N) is 3. The summed E-state index contributed by atoms with van der Waals surface area (Å²) in [6.07, 6.45) is 1.20. The molecule has 3 amide bonds. The van der Waals surface area contributed by atoms with Gasteiger partial charge in [-0.05, 0) is 61.0 Å². The van der Waals surface area contributed by atoms with E-state index in [1.165, 1.54) is 36.5 Å². The van der Waals surface area contributed by atoms with E-state index in [0.29, 0.717) is 16.3 Å². The van der Waals surface area contributed by atoms with Crippen LogP contribution in [0.2, 0.25) is 5.02 Å². The molecular formula is C24H19BrClFN4O4. The molecule has 0 bridgehead atoms. The summed E-state index contributed by atoms with van der Waals surface area (Å²) in [4.78, 5) is 36.2. The summed E-state index contributed by atoms with van der Waals surface area (Å²) >= 11 is 9.40. The predicted molar refractivity (Wildman–Crippen MR) is 135 cm³/mol. The zero-order chi connectivity index (χ0) is 25.4. The number of benzene rings is 3. The van der Waals surface area contributed by atoms with Crippen LogP contribution < -0.4 is 20.8 Å². The molecule has 0 saturated heterocycles. The molecule has 0 aliphatic heterocycles. The fourth-order valence-corrected chi connectivity index (χ4v) is 3.46. The van der Waals surface area contributed by atoms with Crippen molar-refractivity contribution in [3.05, 3.63) is 87.1 Å². The lowest BCUT2D eigenvalue weighted by Crippen LogP contribution is -2.32. The molecule has 0 fully saturated rings. The Kier molecular flexibility index (Phi) is 8.93. The highest BCUT2D eigenvalue weighted by molar-refractivity contribution is 9.10. The number of halogens is 3. The first-order chi connectivity index (χ1) is 16.7. The summed E-state index contributed by atoms with van der Waals surface area (Å²) in [7, 11) is 0. The van der Waals surface area contributed by atoms with Gasteiger partial charge in [0.15, 0.2) is 6.61 Å². The minimum absolute atomic E-state index is 0.140. The number of nitrogens with zero attached hydrogens (tertiary/aromatic N) is 1. The molecular weight excluding hydrogens is 543 g/mol. The van der Waals surface area contributed by atoms with E-state index < -0.39 is 17.6 Å². The van der Waals surface area contributed by atoms with Gasteiger partial charge in [-0.2, -0.15) is 5.10 Å². The van der Waals surface area contributed by atoms with Gasteiger partial charge in [-0.3, -0.25) is 14.4 Å². The first-order valence-corrected chi connectivity index (χ1v) is 11.3. The third kappa shape index (κ3) is 7.62. The van der Waals surface area contributed by atoms with Crippen molar-refractivity contribution in [1.29, 1.82) is 0 Å². The Morgan fingerprint density at radius 3 is 2.54 bits per heavy atom. The summed E-state index contributed by atoms with van der Waals surface area (Å²) in [5.41, 5.74) is 3.77. The van der Waals surface area contributed by atoms with Crippen molar-refractivity contribution in [3.63, 3.8) is 0 Å². The third-order valence-electron chi connectivity index (χ3n) is 4.49. The van der Waals surface area contributed by atoms with Gasteiger partial charge in [0, 0.05) is 20.7 Å². The number of carbonyl (C=O) groups is 3. The number of anilines is 2. The van der Waals surface area contributed by atoms with Crippen LogP contribution in [0.4, 0.5) is 15.8 Å². The van der Waals surface area contributed by atoms with Crippen molar-refractivity contribution in [2.24, 2.45) is 5.10 Å². The minimum Gasteiger partial charge on any atom is -0.483 e. The highest BCUT2D eigenvalue weighted by atomic mass is 79.9. The van der Waals surface area contributed by atoms with Gasteiger partial charge in [-0.15, -0.1) is 0 Å². The van der Waals surface area contributed by atoms with E-state index in [9.17, 15) is 18.8 Å². The quantitative estimate of drug-likeness (QED) is 0.222. The summed E-state index contributed by atoms with van der Waals surface area (Å²) in [6, 6.07) is 15.5. The molecule has 11 heteroatoms. The predicted octanol–water partition coefficient (Wildman–Crippen LogP) is 4.66. The molecule has 0 aliphatic rings. The SMILES string of the molecule is Cc1cc(Br)ccc1NC(=O)COc1ccc(Cl)cc1/C=N\NC(=O)C(=O)Nc1ccccc1F. The van der Waals surface area contributed by atoms with Gasteiger partial charge in [-0.1, -0.05) is 39.7 Å². The number of ether oxygens (including phenoxy) is 1. The number of carbonyl (C=O) groups excluding carboxylic acids is 3. The molecule has 0 radical (unpaired) electrons. The molecule has 0 saturated carbocycles. The van der Waals surface area contributed by atoms with Gasteiger partial charge in [0.25, 0.3) is 5.91 Å². The van der Waals surface area contributed by atoms with Gasteiger partial charge >= 0.3 is 11.8 Å².